The van der Waals surface area contributed by atoms with Crippen molar-refractivity contribution < 1.29 is 14.4 Å². The van der Waals surface area contributed by atoms with E-state index in [0.717, 1.165) is 51.4 Å². The maximum atomic E-state index is 10.9. The Morgan fingerprint density at radius 3 is 2.78 bits per heavy atom. The number of benzene rings is 1. The lowest BCUT2D eigenvalue weighted by atomic mass is 10.0. The Morgan fingerprint density at radius 1 is 1.17 bits per heavy atom. The summed E-state index contributed by atoms with van der Waals surface area (Å²) in [6.07, 6.45) is 2.21. The molecule has 0 amide bonds. The van der Waals surface area contributed by atoms with E-state index in [9.17, 15) is 10.1 Å². The third-order valence-corrected chi connectivity index (χ3v) is 5.12. The van der Waals surface area contributed by atoms with E-state index < -0.39 is 0 Å². The number of rotatable bonds is 2. The highest BCUT2D eigenvalue weighted by Gasteiger charge is 2.36. The zero-order valence-corrected chi connectivity index (χ0v) is 13.0. The number of nitro benzene ring substituents is 1. The summed E-state index contributed by atoms with van der Waals surface area (Å²) in [7, 11) is 0. The van der Waals surface area contributed by atoms with Crippen LogP contribution >= 0.6 is 0 Å². The van der Waals surface area contributed by atoms with Gasteiger partial charge in [-0.2, -0.15) is 0 Å². The van der Waals surface area contributed by atoms with Crippen LogP contribution in [0.4, 0.5) is 11.4 Å². The fourth-order valence-electron chi connectivity index (χ4n) is 3.88. The monoisotopic (exact) mass is 319 g/mol. The first-order valence-electron chi connectivity index (χ1n) is 8.22. The van der Waals surface area contributed by atoms with Crippen LogP contribution < -0.4 is 9.64 Å². The van der Waals surface area contributed by atoms with Gasteiger partial charge in [-0.3, -0.25) is 15.0 Å². The van der Waals surface area contributed by atoms with Crippen LogP contribution in [0.3, 0.4) is 0 Å². The molecule has 2 saturated heterocycles. The normalized spacial score (nSPS) is 25.4. The Morgan fingerprint density at radius 2 is 2.00 bits per heavy atom. The molecule has 7 nitrogen and oxygen atoms in total. The average Bonchev–Trinajstić information content (AvgIpc) is 2.61. The van der Waals surface area contributed by atoms with Crippen LogP contribution in [0.1, 0.15) is 12.8 Å². The van der Waals surface area contributed by atoms with Crippen molar-refractivity contribution in [3.05, 3.63) is 28.3 Å². The van der Waals surface area contributed by atoms with Gasteiger partial charge in [-0.1, -0.05) is 0 Å². The number of hydrogen-bond acceptors (Lipinski definition) is 6. The molecule has 1 aromatic rings. The summed E-state index contributed by atoms with van der Waals surface area (Å²) in [5, 5.41) is 10.9. The second-order valence-corrected chi connectivity index (χ2v) is 6.41. The topological polar surface area (TPSA) is 68.1 Å². The van der Waals surface area contributed by atoms with Crippen molar-refractivity contribution in [2.24, 2.45) is 0 Å². The molecule has 1 atom stereocenters. The minimum absolute atomic E-state index is 0.0861. The van der Waals surface area contributed by atoms with Crippen molar-refractivity contribution in [1.29, 1.82) is 0 Å². The molecule has 1 aromatic carbocycles. The largest absolute Gasteiger partial charge is 0.489 e. The summed E-state index contributed by atoms with van der Waals surface area (Å²) in [5.74, 6) is 0.634. The van der Waals surface area contributed by atoms with Gasteiger partial charge in [-0.05, 0) is 18.9 Å². The lowest BCUT2D eigenvalue weighted by molar-refractivity contribution is -0.384. The number of hydrogen-bond donors (Lipinski definition) is 0. The lowest BCUT2D eigenvalue weighted by Crippen LogP contribution is -2.59. The molecule has 124 valence electrons. The Hall–Kier alpha value is -1.86. The first kappa shape index (κ1) is 14.7. The fourth-order valence-corrected chi connectivity index (χ4v) is 3.88. The molecule has 3 aliphatic heterocycles. The molecule has 4 rings (SSSR count). The van der Waals surface area contributed by atoms with Crippen molar-refractivity contribution in [3.8, 4) is 5.75 Å². The Bertz CT molecular complexity index is 603. The summed E-state index contributed by atoms with van der Waals surface area (Å²) < 4.78 is 11.3. The molecule has 0 bridgehead atoms. The molecular formula is C16H21N3O4. The summed E-state index contributed by atoms with van der Waals surface area (Å²) >= 11 is 0. The van der Waals surface area contributed by atoms with Crippen LogP contribution in [-0.2, 0) is 4.74 Å². The van der Waals surface area contributed by atoms with Crippen LogP contribution in [-0.4, -0.2) is 61.4 Å². The van der Waals surface area contributed by atoms with E-state index in [1.54, 1.807) is 6.07 Å². The van der Waals surface area contributed by atoms with Gasteiger partial charge in [0.15, 0.2) is 0 Å². The molecule has 0 aromatic heterocycles. The van der Waals surface area contributed by atoms with Gasteiger partial charge < -0.3 is 14.4 Å². The van der Waals surface area contributed by atoms with Crippen LogP contribution in [0.15, 0.2) is 18.2 Å². The first-order chi connectivity index (χ1) is 11.2. The SMILES string of the molecule is O=[N+]([O-])c1ccc2c(c1)OC[C@H]1CN(C3CCOCC3)CCN21. The van der Waals surface area contributed by atoms with Crippen molar-refractivity contribution in [2.75, 3.05) is 44.4 Å². The van der Waals surface area contributed by atoms with E-state index in [4.69, 9.17) is 9.47 Å². The number of non-ortho nitro benzene ring substituents is 1. The van der Waals surface area contributed by atoms with Crippen molar-refractivity contribution in [2.45, 2.75) is 24.9 Å². The van der Waals surface area contributed by atoms with Gasteiger partial charge in [-0.15, -0.1) is 0 Å². The van der Waals surface area contributed by atoms with E-state index in [1.807, 2.05) is 6.07 Å². The van der Waals surface area contributed by atoms with Gasteiger partial charge in [-0.25, -0.2) is 0 Å². The summed E-state index contributed by atoms with van der Waals surface area (Å²) in [6.45, 7) is 5.26. The minimum atomic E-state index is -0.376. The molecule has 0 saturated carbocycles. The zero-order valence-electron chi connectivity index (χ0n) is 13.0. The number of piperazine rings is 1. The van der Waals surface area contributed by atoms with Gasteiger partial charge in [0.2, 0.25) is 0 Å². The summed E-state index contributed by atoms with van der Waals surface area (Å²) in [4.78, 5) is 15.4. The quantitative estimate of drug-likeness (QED) is 0.610. The number of nitro groups is 1. The molecule has 0 spiro atoms. The van der Waals surface area contributed by atoms with E-state index in [-0.39, 0.29) is 10.6 Å². The lowest BCUT2D eigenvalue weighted by Gasteiger charge is -2.48. The molecule has 2 fully saturated rings. The van der Waals surface area contributed by atoms with E-state index >= 15 is 0 Å². The molecule has 3 heterocycles. The second kappa shape index (κ2) is 5.98. The second-order valence-electron chi connectivity index (χ2n) is 6.41. The van der Waals surface area contributed by atoms with Crippen molar-refractivity contribution in [3.63, 3.8) is 0 Å². The number of nitrogens with zero attached hydrogens (tertiary/aromatic N) is 3. The number of fused-ring (bicyclic) bond motifs is 3. The third-order valence-electron chi connectivity index (χ3n) is 5.12. The average molecular weight is 319 g/mol. The predicted molar refractivity (Wildman–Crippen MR) is 85.1 cm³/mol. The maximum Gasteiger partial charge on any atom is 0.273 e. The van der Waals surface area contributed by atoms with Crippen molar-refractivity contribution in [1.82, 2.24) is 4.90 Å². The molecule has 3 aliphatic rings. The van der Waals surface area contributed by atoms with Crippen molar-refractivity contribution >= 4 is 11.4 Å². The smallest absolute Gasteiger partial charge is 0.273 e. The van der Waals surface area contributed by atoms with Gasteiger partial charge >= 0.3 is 0 Å². The molecule has 0 aliphatic carbocycles. The molecule has 0 unspecified atom stereocenters. The van der Waals surface area contributed by atoms with E-state index in [0.29, 0.717) is 24.4 Å². The van der Waals surface area contributed by atoms with E-state index in [2.05, 4.69) is 9.80 Å². The van der Waals surface area contributed by atoms with Gasteiger partial charge in [0.25, 0.3) is 5.69 Å². The highest BCUT2D eigenvalue weighted by molar-refractivity contribution is 5.64. The van der Waals surface area contributed by atoms with Crippen LogP contribution in [0.5, 0.6) is 5.75 Å². The number of ether oxygens (including phenoxy) is 2. The van der Waals surface area contributed by atoms with E-state index in [1.165, 1.54) is 6.07 Å². The highest BCUT2D eigenvalue weighted by atomic mass is 16.6. The van der Waals surface area contributed by atoms with Crippen LogP contribution in [0.25, 0.3) is 0 Å². The standard InChI is InChI=1S/C16H21N3O4/c20-19(21)13-1-2-15-16(9-13)23-11-14-10-17(5-6-18(14)15)12-3-7-22-8-4-12/h1-2,9,12,14H,3-8,10-11H2/t14-/m1/s1. The van der Waals surface area contributed by atoms with Gasteiger partial charge in [0, 0.05) is 45.0 Å². The Kier molecular flexibility index (Phi) is 3.82. The molecular weight excluding hydrogens is 298 g/mol. The Labute approximate surface area is 134 Å². The highest BCUT2D eigenvalue weighted by Crippen LogP contribution is 2.38. The predicted octanol–water partition coefficient (Wildman–Crippen LogP) is 1.66. The maximum absolute atomic E-state index is 10.9. The van der Waals surface area contributed by atoms with Gasteiger partial charge in [0.05, 0.1) is 22.7 Å². The molecule has 7 heteroatoms. The first-order valence-corrected chi connectivity index (χ1v) is 8.22. The Balaban J connectivity index is 1.50. The van der Waals surface area contributed by atoms with Crippen LogP contribution in [0.2, 0.25) is 0 Å². The third kappa shape index (κ3) is 2.74. The summed E-state index contributed by atoms with van der Waals surface area (Å²) in [6, 6.07) is 5.86. The van der Waals surface area contributed by atoms with Crippen LogP contribution in [0, 0.1) is 10.1 Å². The molecule has 0 radical (unpaired) electrons. The fraction of sp³-hybridized carbons (Fsp3) is 0.625. The summed E-state index contributed by atoms with van der Waals surface area (Å²) in [5.41, 5.74) is 1.07. The molecule has 0 N–H and O–H groups in total. The zero-order chi connectivity index (χ0) is 15.8. The number of anilines is 1. The van der Waals surface area contributed by atoms with Gasteiger partial charge in [0.1, 0.15) is 12.4 Å². The molecule has 23 heavy (non-hydrogen) atoms. The minimum Gasteiger partial charge on any atom is -0.489 e.